The maximum absolute atomic E-state index is 12.8. The molecule has 3 rings (SSSR count). The lowest BCUT2D eigenvalue weighted by Crippen LogP contribution is -2.43. The summed E-state index contributed by atoms with van der Waals surface area (Å²) in [5.74, 6) is 1.64. The molecule has 6 heteroatoms. The van der Waals surface area contributed by atoms with Crippen molar-refractivity contribution in [2.75, 3.05) is 32.8 Å². The zero-order chi connectivity index (χ0) is 17.1. The fourth-order valence-electron chi connectivity index (χ4n) is 3.37. The smallest absolute Gasteiger partial charge is 0.227 e. The Kier molecular flexibility index (Phi) is 5.46. The molecule has 0 spiro atoms. The van der Waals surface area contributed by atoms with Gasteiger partial charge in [0.2, 0.25) is 5.91 Å². The first kappa shape index (κ1) is 17.3. The second-order valence-corrected chi connectivity index (χ2v) is 7.36. The molecule has 1 aromatic heterocycles. The summed E-state index contributed by atoms with van der Waals surface area (Å²) in [5.41, 5.74) is 2.11. The molecule has 0 N–H and O–H groups in total. The number of aromatic nitrogens is 2. The van der Waals surface area contributed by atoms with Crippen molar-refractivity contribution >= 4 is 5.91 Å². The predicted molar refractivity (Wildman–Crippen MR) is 91.3 cm³/mol. The summed E-state index contributed by atoms with van der Waals surface area (Å²) < 4.78 is 5.37. The van der Waals surface area contributed by atoms with Gasteiger partial charge in [0, 0.05) is 50.3 Å². The van der Waals surface area contributed by atoms with Crippen LogP contribution in [0.1, 0.15) is 37.9 Å². The van der Waals surface area contributed by atoms with E-state index in [1.54, 1.807) is 0 Å². The van der Waals surface area contributed by atoms with E-state index in [0.717, 1.165) is 56.4 Å². The Labute approximate surface area is 144 Å². The molecule has 1 fully saturated rings. The molecule has 24 heavy (non-hydrogen) atoms. The molecule has 0 aromatic carbocycles. The van der Waals surface area contributed by atoms with E-state index in [0.29, 0.717) is 19.0 Å². The number of morpholine rings is 1. The van der Waals surface area contributed by atoms with Crippen molar-refractivity contribution in [2.24, 2.45) is 11.8 Å². The Morgan fingerprint density at radius 2 is 2.00 bits per heavy atom. The minimum atomic E-state index is 0.000468. The molecule has 1 amide bonds. The second kappa shape index (κ2) is 7.57. The third-order valence-corrected chi connectivity index (χ3v) is 4.67. The minimum Gasteiger partial charge on any atom is -0.379 e. The van der Waals surface area contributed by atoms with Gasteiger partial charge in [0.05, 0.1) is 25.5 Å². The number of amides is 1. The number of ether oxygens (including phenoxy) is 1. The second-order valence-electron chi connectivity index (χ2n) is 7.36. The zero-order valence-corrected chi connectivity index (χ0v) is 15.0. The summed E-state index contributed by atoms with van der Waals surface area (Å²) in [6.45, 7) is 11.8. The Bertz CT molecular complexity index is 584. The van der Waals surface area contributed by atoms with E-state index in [-0.39, 0.29) is 11.8 Å². The van der Waals surface area contributed by atoms with Crippen molar-refractivity contribution in [3.63, 3.8) is 0 Å². The van der Waals surface area contributed by atoms with Crippen LogP contribution in [0, 0.1) is 11.8 Å². The third-order valence-electron chi connectivity index (χ3n) is 4.67. The first-order valence-corrected chi connectivity index (χ1v) is 8.95. The number of fused-ring (bicyclic) bond motifs is 1. The largest absolute Gasteiger partial charge is 0.379 e. The summed E-state index contributed by atoms with van der Waals surface area (Å²) in [6, 6.07) is 0. The van der Waals surface area contributed by atoms with Gasteiger partial charge in [0.25, 0.3) is 0 Å². The van der Waals surface area contributed by atoms with Gasteiger partial charge in [-0.2, -0.15) is 0 Å². The van der Waals surface area contributed by atoms with Crippen LogP contribution in [0.4, 0.5) is 0 Å². The first-order chi connectivity index (χ1) is 11.5. The van der Waals surface area contributed by atoms with Gasteiger partial charge in [-0.05, 0) is 5.92 Å². The molecular weight excluding hydrogens is 304 g/mol. The monoisotopic (exact) mass is 332 g/mol. The minimum absolute atomic E-state index is 0.000468. The summed E-state index contributed by atoms with van der Waals surface area (Å²) in [5, 5.41) is 0. The molecule has 1 saturated heterocycles. The van der Waals surface area contributed by atoms with Gasteiger partial charge in [-0.3, -0.25) is 9.69 Å². The lowest BCUT2D eigenvalue weighted by atomic mass is 10.1. The lowest BCUT2D eigenvalue weighted by Gasteiger charge is -2.30. The van der Waals surface area contributed by atoms with Crippen molar-refractivity contribution in [3.05, 3.63) is 23.3 Å². The molecule has 2 aliphatic heterocycles. The Balaban J connectivity index is 1.58. The molecule has 2 aliphatic rings. The van der Waals surface area contributed by atoms with Gasteiger partial charge in [0.1, 0.15) is 5.82 Å². The van der Waals surface area contributed by atoms with Crippen LogP contribution < -0.4 is 0 Å². The summed E-state index contributed by atoms with van der Waals surface area (Å²) >= 11 is 0. The van der Waals surface area contributed by atoms with Gasteiger partial charge >= 0.3 is 0 Å². The highest BCUT2D eigenvalue weighted by Crippen LogP contribution is 2.23. The number of hydrogen-bond acceptors (Lipinski definition) is 5. The molecule has 1 aromatic rings. The van der Waals surface area contributed by atoms with Gasteiger partial charge in [-0.25, -0.2) is 9.97 Å². The summed E-state index contributed by atoms with van der Waals surface area (Å²) in [4.78, 5) is 26.1. The highest BCUT2D eigenvalue weighted by molar-refractivity contribution is 5.79. The van der Waals surface area contributed by atoms with Crippen LogP contribution in [-0.4, -0.2) is 58.5 Å². The molecule has 3 heterocycles. The number of hydrogen-bond donors (Lipinski definition) is 0. The van der Waals surface area contributed by atoms with Crippen molar-refractivity contribution < 1.29 is 9.53 Å². The van der Waals surface area contributed by atoms with E-state index in [9.17, 15) is 4.79 Å². The van der Waals surface area contributed by atoms with E-state index < -0.39 is 0 Å². The lowest BCUT2D eigenvalue weighted by molar-refractivity contribution is -0.136. The molecule has 0 aliphatic carbocycles. The van der Waals surface area contributed by atoms with Gasteiger partial charge in [-0.15, -0.1) is 0 Å². The number of nitrogens with zero attached hydrogens (tertiary/aromatic N) is 4. The van der Waals surface area contributed by atoms with E-state index in [1.165, 1.54) is 0 Å². The van der Waals surface area contributed by atoms with Crippen LogP contribution >= 0.6 is 0 Å². The Morgan fingerprint density at radius 1 is 1.25 bits per heavy atom. The number of carbonyl (C=O) groups is 1. The van der Waals surface area contributed by atoms with E-state index in [2.05, 4.69) is 28.7 Å². The molecule has 0 unspecified atom stereocenters. The Morgan fingerprint density at radius 3 is 2.71 bits per heavy atom. The fourth-order valence-corrected chi connectivity index (χ4v) is 3.37. The quantitative estimate of drug-likeness (QED) is 0.817. The topological polar surface area (TPSA) is 58.6 Å². The average molecular weight is 332 g/mol. The van der Waals surface area contributed by atoms with Crippen molar-refractivity contribution in [3.8, 4) is 0 Å². The van der Waals surface area contributed by atoms with Crippen molar-refractivity contribution in [2.45, 2.75) is 40.3 Å². The van der Waals surface area contributed by atoms with Crippen LogP contribution in [0.3, 0.4) is 0 Å². The molecule has 0 bridgehead atoms. The third kappa shape index (κ3) is 4.11. The van der Waals surface area contributed by atoms with E-state index in [1.807, 2.05) is 18.0 Å². The maximum atomic E-state index is 12.8. The molecular formula is C18H28N4O2. The predicted octanol–water partition coefficient (Wildman–Crippen LogP) is 1.49. The van der Waals surface area contributed by atoms with E-state index >= 15 is 0 Å². The van der Waals surface area contributed by atoms with Gasteiger partial charge in [0.15, 0.2) is 0 Å². The molecule has 6 nitrogen and oxygen atoms in total. The van der Waals surface area contributed by atoms with Crippen LogP contribution in [0.15, 0.2) is 6.20 Å². The SMILES string of the molecule is CC(C)Cc1ncc2c(n1)CN(C(=O)[C@H](C)CN1CCOCC1)C2. The highest BCUT2D eigenvalue weighted by Gasteiger charge is 2.29. The average Bonchev–Trinajstić information content (AvgIpc) is 2.97. The van der Waals surface area contributed by atoms with Gasteiger partial charge in [-0.1, -0.05) is 20.8 Å². The van der Waals surface area contributed by atoms with E-state index in [4.69, 9.17) is 4.74 Å². The highest BCUT2D eigenvalue weighted by atomic mass is 16.5. The number of rotatable bonds is 5. The van der Waals surface area contributed by atoms with Crippen molar-refractivity contribution in [1.29, 1.82) is 0 Å². The van der Waals surface area contributed by atoms with Crippen LogP contribution in [0.25, 0.3) is 0 Å². The summed E-state index contributed by atoms with van der Waals surface area (Å²) in [6.07, 6.45) is 2.79. The van der Waals surface area contributed by atoms with Gasteiger partial charge < -0.3 is 9.64 Å². The maximum Gasteiger partial charge on any atom is 0.227 e. The molecule has 1 atom stereocenters. The number of carbonyl (C=O) groups excluding carboxylic acids is 1. The van der Waals surface area contributed by atoms with Crippen LogP contribution in [-0.2, 0) is 29.0 Å². The zero-order valence-electron chi connectivity index (χ0n) is 15.0. The standard InChI is InChI=1S/C18H28N4O2/c1-13(2)8-17-19-9-15-11-22(12-16(15)20-17)18(23)14(3)10-21-4-6-24-7-5-21/h9,13-14H,4-8,10-12H2,1-3H3/t14-/m1/s1. The molecule has 132 valence electrons. The molecule has 0 radical (unpaired) electrons. The fraction of sp³-hybridized carbons (Fsp3) is 0.722. The van der Waals surface area contributed by atoms with Crippen LogP contribution in [0.5, 0.6) is 0 Å². The van der Waals surface area contributed by atoms with Crippen LogP contribution in [0.2, 0.25) is 0 Å². The Hall–Kier alpha value is -1.53. The normalized spacial score (nSPS) is 19.6. The summed E-state index contributed by atoms with van der Waals surface area (Å²) in [7, 11) is 0. The van der Waals surface area contributed by atoms with Crippen molar-refractivity contribution in [1.82, 2.24) is 19.8 Å². The molecule has 0 saturated carbocycles. The first-order valence-electron chi connectivity index (χ1n) is 8.95.